The van der Waals surface area contributed by atoms with Crippen molar-refractivity contribution in [3.63, 3.8) is 0 Å². The molecule has 1 atom stereocenters. The maximum Gasteiger partial charge on any atom is 0.189 e. The SMILES string of the molecule is COc1cc(Br)cc(C(=O)/C=C/c2ccccc2)c1OPC. The quantitative estimate of drug-likeness (QED) is 0.405. The average molecular weight is 379 g/mol. The van der Waals surface area contributed by atoms with Gasteiger partial charge in [0, 0.05) is 4.47 Å². The zero-order valence-electron chi connectivity index (χ0n) is 12.3. The maximum atomic E-state index is 12.5. The first-order chi connectivity index (χ1) is 10.7. The first kappa shape index (κ1) is 16.7. The highest BCUT2D eigenvalue weighted by Crippen LogP contribution is 2.38. The molecule has 0 bridgehead atoms. The Hall–Kier alpha value is -1.64. The van der Waals surface area contributed by atoms with Crippen molar-refractivity contribution < 1.29 is 14.1 Å². The number of methoxy groups -OCH3 is 1. The van der Waals surface area contributed by atoms with Crippen LogP contribution in [0.25, 0.3) is 6.08 Å². The van der Waals surface area contributed by atoms with E-state index < -0.39 is 0 Å². The summed E-state index contributed by atoms with van der Waals surface area (Å²) in [7, 11) is 1.78. The van der Waals surface area contributed by atoms with E-state index in [4.69, 9.17) is 9.26 Å². The van der Waals surface area contributed by atoms with Crippen molar-refractivity contribution in [3.05, 3.63) is 64.1 Å². The van der Waals surface area contributed by atoms with Crippen LogP contribution in [0.5, 0.6) is 11.5 Å². The van der Waals surface area contributed by atoms with Crippen LogP contribution in [0.3, 0.4) is 0 Å². The predicted octanol–water partition coefficient (Wildman–Crippen LogP) is 4.96. The Kier molecular flexibility index (Phi) is 6.17. The van der Waals surface area contributed by atoms with E-state index in [1.54, 1.807) is 31.4 Å². The summed E-state index contributed by atoms with van der Waals surface area (Å²) < 4.78 is 11.7. The zero-order chi connectivity index (χ0) is 15.9. The molecule has 1 unspecified atom stereocenters. The molecule has 0 amide bonds. The second-order valence-electron chi connectivity index (χ2n) is 4.40. The molecule has 22 heavy (non-hydrogen) atoms. The first-order valence-electron chi connectivity index (χ1n) is 6.64. The molecule has 2 aromatic carbocycles. The molecule has 0 fully saturated rings. The summed E-state index contributed by atoms with van der Waals surface area (Å²) >= 11 is 3.39. The van der Waals surface area contributed by atoms with Gasteiger partial charge in [0.1, 0.15) is 0 Å². The highest BCUT2D eigenvalue weighted by Gasteiger charge is 2.17. The van der Waals surface area contributed by atoms with Gasteiger partial charge in [-0.1, -0.05) is 52.3 Å². The van der Waals surface area contributed by atoms with Gasteiger partial charge >= 0.3 is 0 Å². The second-order valence-corrected chi connectivity index (χ2v) is 5.93. The number of hydrogen-bond acceptors (Lipinski definition) is 3. The third kappa shape index (κ3) is 4.19. The van der Waals surface area contributed by atoms with Gasteiger partial charge in [-0.25, -0.2) is 0 Å². The molecule has 5 heteroatoms. The van der Waals surface area contributed by atoms with Crippen LogP contribution in [-0.2, 0) is 0 Å². The average Bonchev–Trinajstić information content (AvgIpc) is 2.54. The van der Waals surface area contributed by atoms with Gasteiger partial charge in [0.2, 0.25) is 0 Å². The van der Waals surface area contributed by atoms with Crippen LogP contribution in [0.15, 0.2) is 53.0 Å². The molecular formula is C17H16BrO3P. The van der Waals surface area contributed by atoms with Gasteiger partial charge in [-0.3, -0.25) is 4.79 Å². The predicted molar refractivity (Wildman–Crippen MR) is 95.4 cm³/mol. The topological polar surface area (TPSA) is 35.5 Å². The Balaban J connectivity index is 2.36. The minimum Gasteiger partial charge on any atom is -0.493 e. The van der Waals surface area contributed by atoms with E-state index in [0.717, 1.165) is 10.0 Å². The Labute approximate surface area is 140 Å². The number of ketones is 1. The molecule has 0 N–H and O–H groups in total. The lowest BCUT2D eigenvalue weighted by molar-refractivity contribution is 0.104. The smallest absolute Gasteiger partial charge is 0.189 e. The first-order valence-corrected chi connectivity index (χ1v) is 8.84. The molecule has 0 radical (unpaired) electrons. The largest absolute Gasteiger partial charge is 0.493 e. The summed E-state index contributed by atoms with van der Waals surface area (Å²) in [5.41, 5.74) is 1.45. The van der Waals surface area contributed by atoms with E-state index in [0.29, 0.717) is 17.1 Å². The van der Waals surface area contributed by atoms with Gasteiger partial charge in [-0.2, -0.15) is 0 Å². The Morgan fingerprint density at radius 1 is 1.23 bits per heavy atom. The molecule has 3 nitrogen and oxygen atoms in total. The lowest BCUT2D eigenvalue weighted by Crippen LogP contribution is -2.00. The van der Waals surface area contributed by atoms with Crippen LogP contribution in [0.1, 0.15) is 15.9 Å². The van der Waals surface area contributed by atoms with Gasteiger partial charge in [0.15, 0.2) is 17.3 Å². The maximum absolute atomic E-state index is 12.5. The minimum atomic E-state index is -0.128. The van der Waals surface area contributed by atoms with E-state index in [-0.39, 0.29) is 14.6 Å². The molecule has 0 aromatic heterocycles. The van der Waals surface area contributed by atoms with E-state index in [2.05, 4.69) is 15.9 Å². The van der Waals surface area contributed by atoms with Crippen LogP contribution in [0, 0.1) is 0 Å². The van der Waals surface area contributed by atoms with Crippen molar-refractivity contribution in [2.45, 2.75) is 0 Å². The lowest BCUT2D eigenvalue weighted by atomic mass is 10.1. The number of carbonyl (C=O) groups excluding carboxylic acids is 1. The fourth-order valence-corrected chi connectivity index (χ4v) is 2.79. The highest BCUT2D eigenvalue weighted by molar-refractivity contribution is 9.10. The molecule has 2 rings (SSSR count). The Morgan fingerprint density at radius 3 is 2.59 bits per heavy atom. The van der Waals surface area contributed by atoms with Crippen molar-refractivity contribution in [3.8, 4) is 11.5 Å². The van der Waals surface area contributed by atoms with Crippen LogP contribution in [0.4, 0.5) is 0 Å². The molecule has 2 aromatic rings. The van der Waals surface area contributed by atoms with E-state index in [1.165, 1.54) is 0 Å². The lowest BCUT2D eigenvalue weighted by Gasteiger charge is -2.13. The summed E-state index contributed by atoms with van der Waals surface area (Å²) in [6, 6.07) is 13.2. The van der Waals surface area contributed by atoms with Crippen LogP contribution in [-0.4, -0.2) is 19.6 Å². The van der Waals surface area contributed by atoms with Gasteiger partial charge in [0.05, 0.1) is 21.5 Å². The summed E-state index contributed by atoms with van der Waals surface area (Å²) in [6.07, 6.45) is 3.33. The van der Waals surface area contributed by atoms with Gasteiger partial charge < -0.3 is 9.26 Å². The monoisotopic (exact) mass is 378 g/mol. The third-order valence-electron chi connectivity index (χ3n) is 2.94. The molecule has 0 aliphatic rings. The molecule has 0 aliphatic carbocycles. The number of ether oxygens (including phenoxy) is 1. The van der Waals surface area contributed by atoms with Crippen LogP contribution in [0.2, 0.25) is 0 Å². The number of allylic oxidation sites excluding steroid dienone is 1. The summed E-state index contributed by atoms with van der Waals surface area (Å²) in [5.74, 6) is 0.895. The Morgan fingerprint density at radius 2 is 1.95 bits per heavy atom. The van der Waals surface area contributed by atoms with Gasteiger partial charge in [0.25, 0.3) is 0 Å². The fraction of sp³-hybridized carbons (Fsp3) is 0.118. The third-order valence-corrected chi connectivity index (χ3v) is 3.80. The van der Waals surface area contributed by atoms with E-state index >= 15 is 0 Å². The fourth-order valence-electron chi connectivity index (χ4n) is 1.94. The number of hydrogen-bond donors (Lipinski definition) is 0. The molecule has 0 spiro atoms. The molecule has 0 aliphatic heterocycles. The number of benzene rings is 2. The van der Waals surface area contributed by atoms with Crippen molar-refractivity contribution >= 4 is 36.6 Å². The highest BCUT2D eigenvalue weighted by atomic mass is 79.9. The van der Waals surface area contributed by atoms with Crippen LogP contribution < -0.4 is 9.26 Å². The Bertz CT molecular complexity index is 684. The number of rotatable bonds is 6. The second kappa shape index (κ2) is 8.11. The van der Waals surface area contributed by atoms with Crippen molar-refractivity contribution in [1.29, 1.82) is 0 Å². The molecule has 0 saturated heterocycles. The minimum absolute atomic E-state index is 0.128. The van der Waals surface area contributed by atoms with E-state index in [1.807, 2.05) is 37.0 Å². The molecule has 0 saturated carbocycles. The van der Waals surface area contributed by atoms with Crippen molar-refractivity contribution in [1.82, 2.24) is 0 Å². The molecule has 0 heterocycles. The van der Waals surface area contributed by atoms with Gasteiger partial charge in [-0.05, 0) is 30.4 Å². The van der Waals surface area contributed by atoms with Crippen molar-refractivity contribution in [2.24, 2.45) is 0 Å². The molecule has 114 valence electrons. The standard InChI is InChI=1S/C17H16BrO3P/c1-20-16-11-13(18)10-14(17(16)21-22-2)15(19)9-8-12-6-4-3-5-7-12/h3-11,22H,1-2H3/b9-8+. The van der Waals surface area contributed by atoms with Crippen molar-refractivity contribution in [2.75, 3.05) is 13.8 Å². The number of carbonyl (C=O) groups is 1. The molecular weight excluding hydrogens is 363 g/mol. The zero-order valence-corrected chi connectivity index (χ0v) is 14.9. The van der Waals surface area contributed by atoms with E-state index in [9.17, 15) is 4.79 Å². The summed E-state index contributed by atoms with van der Waals surface area (Å²) in [4.78, 5) is 12.5. The normalized spacial score (nSPS) is 11.2. The number of halogens is 1. The van der Waals surface area contributed by atoms with Gasteiger partial charge in [-0.15, -0.1) is 0 Å². The summed E-state index contributed by atoms with van der Waals surface area (Å²) in [5, 5.41) is 0. The van der Waals surface area contributed by atoms with Crippen LogP contribution >= 0.6 is 24.7 Å². The summed E-state index contributed by atoms with van der Waals surface area (Å²) in [6.45, 7) is 1.90.